The third-order valence-electron chi connectivity index (χ3n) is 2.44. The van der Waals surface area contributed by atoms with Crippen LogP contribution < -0.4 is 9.78 Å². The Morgan fingerprint density at radius 2 is 1.58 bits per heavy atom. The van der Waals surface area contributed by atoms with E-state index in [1.807, 2.05) is 63.2 Å². The van der Waals surface area contributed by atoms with Gasteiger partial charge in [-0.3, -0.25) is 0 Å². The van der Waals surface area contributed by atoms with Gasteiger partial charge in [-0.15, -0.1) is 0 Å². The fourth-order valence-corrected chi connectivity index (χ4v) is 1.99. The van der Waals surface area contributed by atoms with Crippen LogP contribution in [0.1, 0.15) is 29.8 Å². The standard InChI is InChI=1S/C14H12NOSe.C2H6/c1-10-6-8-11(9-7-10)15-14(16)12-4-2-3-5-13(12)17;1-2/h2-9H,1H3,(H,15,16);1-2H3. The van der Waals surface area contributed by atoms with E-state index in [1.165, 1.54) is 5.56 Å². The summed E-state index contributed by atoms with van der Waals surface area (Å²) in [7, 11) is 0. The fraction of sp³-hybridized carbons (Fsp3) is 0.188. The molecule has 0 fully saturated rings. The predicted molar refractivity (Wildman–Crippen MR) is 82.3 cm³/mol. The van der Waals surface area contributed by atoms with Crippen molar-refractivity contribution in [3.63, 3.8) is 0 Å². The average Bonchev–Trinajstić information content (AvgIpc) is 2.44. The first-order chi connectivity index (χ1) is 9.16. The van der Waals surface area contributed by atoms with Gasteiger partial charge in [0.1, 0.15) is 0 Å². The van der Waals surface area contributed by atoms with Crippen LogP contribution in [0, 0.1) is 6.92 Å². The van der Waals surface area contributed by atoms with E-state index in [-0.39, 0.29) is 5.91 Å². The second-order valence-corrected chi connectivity index (χ2v) is 4.74. The van der Waals surface area contributed by atoms with Gasteiger partial charge in [-0.25, -0.2) is 0 Å². The number of hydrogen-bond donors (Lipinski definition) is 1. The second-order valence-electron chi connectivity index (χ2n) is 3.82. The van der Waals surface area contributed by atoms with Crippen molar-refractivity contribution in [1.29, 1.82) is 0 Å². The molecular weight excluding hydrogens is 301 g/mol. The Bertz CT molecular complexity index is 535. The molecule has 1 amide bonds. The summed E-state index contributed by atoms with van der Waals surface area (Å²) >= 11 is 2.89. The molecule has 2 aromatic rings. The van der Waals surface area contributed by atoms with Crippen LogP contribution in [0.25, 0.3) is 0 Å². The van der Waals surface area contributed by atoms with E-state index in [2.05, 4.69) is 21.3 Å². The molecule has 0 bridgehead atoms. The fourth-order valence-electron chi connectivity index (χ4n) is 1.49. The Balaban J connectivity index is 0.000000861. The van der Waals surface area contributed by atoms with Gasteiger partial charge in [0, 0.05) is 0 Å². The van der Waals surface area contributed by atoms with E-state index < -0.39 is 0 Å². The van der Waals surface area contributed by atoms with Crippen molar-refractivity contribution in [3.05, 3.63) is 59.7 Å². The zero-order valence-electron chi connectivity index (χ0n) is 11.4. The monoisotopic (exact) mass is 320 g/mol. The van der Waals surface area contributed by atoms with Crippen LogP contribution in [0.4, 0.5) is 5.69 Å². The number of carbonyl (C=O) groups is 1. The molecule has 0 heterocycles. The Morgan fingerprint density at radius 1 is 1.00 bits per heavy atom. The summed E-state index contributed by atoms with van der Waals surface area (Å²) in [5.74, 6) is -0.0943. The summed E-state index contributed by atoms with van der Waals surface area (Å²) in [4.78, 5) is 12.0. The zero-order chi connectivity index (χ0) is 14.3. The molecule has 2 rings (SSSR count). The molecule has 0 aliphatic rings. The van der Waals surface area contributed by atoms with E-state index in [9.17, 15) is 4.79 Å². The third kappa shape index (κ3) is 4.55. The third-order valence-corrected chi connectivity index (χ3v) is 3.19. The molecule has 0 saturated heterocycles. The van der Waals surface area contributed by atoms with Gasteiger partial charge in [-0.2, -0.15) is 0 Å². The van der Waals surface area contributed by atoms with E-state index >= 15 is 0 Å². The first-order valence-electron chi connectivity index (χ1n) is 6.31. The van der Waals surface area contributed by atoms with Crippen LogP contribution in [-0.2, 0) is 0 Å². The van der Waals surface area contributed by atoms with Gasteiger partial charge in [0.15, 0.2) is 0 Å². The summed E-state index contributed by atoms with van der Waals surface area (Å²) in [6.07, 6.45) is 0. The predicted octanol–water partition coefficient (Wildman–Crippen LogP) is 3.07. The number of anilines is 1. The van der Waals surface area contributed by atoms with E-state index in [0.717, 1.165) is 10.1 Å². The number of hydrogen-bond acceptors (Lipinski definition) is 1. The minimum absolute atomic E-state index is 0.0943. The van der Waals surface area contributed by atoms with Gasteiger partial charge >= 0.3 is 109 Å². The van der Waals surface area contributed by atoms with Crippen molar-refractivity contribution in [2.24, 2.45) is 0 Å². The molecule has 0 aliphatic heterocycles. The molecule has 1 radical (unpaired) electrons. The van der Waals surface area contributed by atoms with Crippen LogP contribution in [-0.4, -0.2) is 21.9 Å². The molecule has 0 aliphatic carbocycles. The maximum absolute atomic E-state index is 12.0. The van der Waals surface area contributed by atoms with Crippen molar-refractivity contribution >= 4 is 32.1 Å². The molecular formula is C16H18NOSe. The zero-order valence-corrected chi connectivity index (χ0v) is 13.1. The maximum atomic E-state index is 12.0. The number of carbonyl (C=O) groups excluding carboxylic acids is 1. The van der Waals surface area contributed by atoms with Crippen molar-refractivity contribution in [3.8, 4) is 0 Å². The number of aryl methyl sites for hydroxylation is 1. The van der Waals surface area contributed by atoms with Crippen LogP contribution >= 0.6 is 0 Å². The van der Waals surface area contributed by atoms with Gasteiger partial charge in [-0.1, -0.05) is 13.8 Å². The summed E-state index contributed by atoms with van der Waals surface area (Å²) in [5, 5.41) is 2.87. The van der Waals surface area contributed by atoms with Gasteiger partial charge in [0.2, 0.25) is 0 Å². The Hall–Kier alpha value is -1.57. The number of amides is 1. The Labute approximate surface area is 123 Å². The van der Waals surface area contributed by atoms with Crippen molar-refractivity contribution in [2.45, 2.75) is 20.8 Å². The van der Waals surface area contributed by atoms with Gasteiger partial charge in [0.25, 0.3) is 0 Å². The molecule has 99 valence electrons. The second kappa shape index (κ2) is 7.77. The van der Waals surface area contributed by atoms with Gasteiger partial charge < -0.3 is 0 Å². The average molecular weight is 319 g/mol. The first kappa shape index (κ1) is 15.5. The van der Waals surface area contributed by atoms with Gasteiger partial charge in [-0.05, 0) is 0 Å². The Kier molecular flexibility index (Phi) is 6.34. The normalized spacial score (nSPS) is 9.21. The molecule has 2 nitrogen and oxygen atoms in total. The summed E-state index contributed by atoms with van der Waals surface area (Å²) in [6, 6.07) is 15.2. The van der Waals surface area contributed by atoms with Gasteiger partial charge in [0.05, 0.1) is 0 Å². The summed E-state index contributed by atoms with van der Waals surface area (Å²) in [6.45, 7) is 6.02. The van der Waals surface area contributed by atoms with Crippen LogP contribution in [0.2, 0.25) is 0 Å². The quantitative estimate of drug-likeness (QED) is 0.847. The topological polar surface area (TPSA) is 29.1 Å². The number of rotatable bonds is 2. The van der Waals surface area contributed by atoms with E-state index in [4.69, 9.17) is 0 Å². The Morgan fingerprint density at radius 3 is 2.16 bits per heavy atom. The molecule has 0 saturated carbocycles. The first-order valence-corrected chi connectivity index (χ1v) is 7.16. The molecule has 0 unspecified atom stereocenters. The van der Waals surface area contributed by atoms with Crippen molar-refractivity contribution in [2.75, 3.05) is 5.32 Å². The molecule has 0 aromatic heterocycles. The summed E-state index contributed by atoms with van der Waals surface area (Å²) < 4.78 is 0.858. The van der Waals surface area contributed by atoms with E-state index in [1.54, 1.807) is 6.07 Å². The molecule has 3 heteroatoms. The van der Waals surface area contributed by atoms with E-state index in [0.29, 0.717) is 5.56 Å². The number of benzene rings is 2. The van der Waals surface area contributed by atoms with Crippen LogP contribution in [0.5, 0.6) is 0 Å². The van der Waals surface area contributed by atoms with Crippen LogP contribution in [0.3, 0.4) is 0 Å². The SMILES string of the molecule is CC.Cc1ccc(NC(=O)c2ccccc2[Se])cc1. The van der Waals surface area contributed by atoms with Crippen molar-refractivity contribution < 1.29 is 4.79 Å². The van der Waals surface area contributed by atoms with Crippen molar-refractivity contribution in [1.82, 2.24) is 0 Å². The molecule has 19 heavy (non-hydrogen) atoms. The minimum atomic E-state index is -0.0943. The molecule has 2 aromatic carbocycles. The molecule has 0 atom stereocenters. The number of nitrogens with one attached hydrogen (secondary N) is 1. The molecule has 0 spiro atoms. The molecule has 1 N–H and O–H groups in total. The summed E-state index contributed by atoms with van der Waals surface area (Å²) in [5.41, 5.74) is 2.64. The van der Waals surface area contributed by atoms with Crippen LogP contribution in [0.15, 0.2) is 48.5 Å².